The topological polar surface area (TPSA) is 103 Å². The average Bonchev–Trinajstić information content (AvgIpc) is 3.08. The number of halogens is 3. The molecule has 0 bridgehead atoms. The number of fused-ring (bicyclic) bond motifs is 1. The van der Waals surface area contributed by atoms with E-state index in [1.54, 1.807) is 20.0 Å². The van der Waals surface area contributed by atoms with E-state index in [1.807, 2.05) is 0 Å². The number of primary amides is 1. The maximum atomic E-state index is 13.0. The van der Waals surface area contributed by atoms with E-state index < -0.39 is 23.7 Å². The van der Waals surface area contributed by atoms with E-state index >= 15 is 0 Å². The number of alkyl halides is 3. The number of hydrogen-bond donors (Lipinski definition) is 2. The molecule has 0 aromatic carbocycles. The lowest BCUT2D eigenvalue weighted by molar-refractivity contribution is -0.141. The number of amides is 2. The van der Waals surface area contributed by atoms with Crippen LogP contribution in [0.25, 0.3) is 10.2 Å². The van der Waals surface area contributed by atoms with Crippen LogP contribution in [0.1, 0.15) is 37.1 Å². The summed E-state index contributed by atoms with van der Waals surface area (Å²) in [5, 5.41) is 6.82. The number of carbonyl (C=O) groups excluding carboxylic acids is 2. The number of carbonyl (C=O) groups is 2. The molecule has 7 nitrogen and oxygen atoms in total. The highest BCUT2D eigenvalue weighted by Crippen LogP contribution is 2.39. The van der Waals surface area contributed by atoms with Gasteiger partial charge in [0.15, 0.2) is 5.69 Å². The molecule has 0 spiro atoms. The van der Waals surface area contributed by atoms with Crippen molar-refractivity contribution in [3.63, 3.8) is 0 Å². The second-order valence-electron chi connectivity index (χ2n) is 5.92. The van der Waals surface area contributed by atoms with Gasteiger partial charge in [-0.05, 0) is 31.5 Å². The summed E-state index contributed by atoms with van der Waals surface area (Å²) < 4.78 is 40.5. The number of nitrogens with one attached hydrogen (secondary N) is 1. The summed E-state index contributed by atoms with van der Waals surface area (Å²) in [6.07, 6.45) is -4.63. The molecule has 0 aliphatic rings. The zero-order chi connectivity index (χ0) is 20.1. The van der Waals surface area contributed by atoms with Gasteiger partial charge in [-0.3, -0.25) is 14.3 Å². The highest BCUT2D eigenvalue weighted by Gasteiger charge is 2.34. The van der Waals surface area contributed by atoms with Gasteiger partial charge in [0.2, 0.25) is 0 Å². The predicted octanol–water partition coefficient (Wildman–Crippen LogP) is 3.02. The molecule has 3 aromatic heterocycles. The number of rotatable bonds is 3. The van der Waals surface area contributed by atoms with E-state index in [-0.39, 0.29) is 32.0 Å². The molecule has 0 aliphatic heterocycles. The Balaban J connectivity index is 2.14. The molecule has 142 valence electrons. The Hall–Kier alpha value is -2.95. The molecule has 0 saturated heterocycles. The van der Waals surface area contributed by atoms with Crippen LogP contribution >= 0.6 is 11.3 Å². The molecule has 0 unspecified atom stereocenters. The third-order valence-corrected chi connectivity index (χ3v) is 5.06. The van der Waals surface area contributed by atoms with E-state index in [0.29, 0.717) is 11.3 Å². The number of pyridine rings is 1. The molecule has 0 aliphatic carbocycles. The molecule has 0 saturated carbocycles. The lowest BCUT2D eigenvalue weighted by atomic mass is 10.1. The van der Waals surface area contributed by atoms with E-state index in [4.69, 9.17) is 5.73 Å². The van der Waals surface area contributed by atoms with Gasteiger partial charge in [-0.2, -0.15) is 18.3 Å². The summed E-state index contributed by atoms with van der Waals surface area (Å²) in [5.74, 6) is -1.49. The number of nitrogens with zero attached hydrogens (tertiary/aromatic N) is 3. The Morgan fingerprint density at radius 1 is 1.26 bits per heavy atom. The number of hydrogen-bond acceptors (Lipinski definition) is 5. The van der Waals surface area contributed by atoms with Gasteiger partial charge in [-0.25, -0.2) is 4.98 Å². The van der Waals surface area contributed by atoms with E-state index in [2.05, 4.69) is 15.4 Å². The molecule has 3 aromatic rings. The Morgan fingerprint density at radius 2 is 1.93 bits per heavy atom. The van der Waals surface area contributed by atoms with Crippen LogP contribution in [0.2, 0.25) is 0 Å². The van der Waals surface area contributed by atoms with Crippen molar-refractivity contribution in [2.75, 3.05) is 5.32 Å². The molecular weight excluding hydrogens is 383 g/mol. The number of thiophene rings is 1. The maximum absolute atomic E-state index is 13.0. The summed E-state index contributed by atoms with van der Waals surface area (Å²) in [6, 6.07) is 2.40. The van der Waals surface area contributed by atoms with Crippen molar-refractivity contribution < 1.29 is 22.8 Å². The van der Waals surface area contributed by atoms with Crippen LogP contribution in [-0.4, -0.2) is 26.6 Å². The van der Waals surface area contributed by atoms with Gasteiger partial charge in [-0.15, -0.1) is 11.3 Å². The SMILES string of the molecule is Cc1cc(C(F)(F)F)nc2sc(C(N)=O)c(NC(=O)c3cc(C)n(C)n3)c12. The first-order chi connectivity index (χ1) is 12.5. The van der Waals surface area contributed by atoms with E-state index in [9.17, 15) is 22.8 Å². The molecule has 2 amide bonds. The fraction of sp³-hybridized carbons (Fsp3) is 0.250. The molecule has 3 N–H and O–H groups in total. The minimum Gasteiger partial charge on any atom is -0.365 e. The zero-order valence-corrected chi connectivity index (χ0v) is 15.2. The van der Waals surface area contributed by atoms with Crippen molar-refractivity contribution in [1.29, 1.82) is 0 Å². The first-order valence-corrected chi connectivity index (χ1v) is 8.43. The first kappa shape index (κ1) is 18.8. The minimum atomic E-state index is -4.63. The lowest BCUT2D eigenvalue weighted by Crippen LogP contribution is -2.17. The first-order valence-electron chi connectivity index (χ1n) is 7.62. The molecule has 3 heterocycles. The lowest BCUT2D eigenvalue weighted by Gasteiger charge is -2.09. The van der Waals surface area contributed by atoms with Gasteiger partial charge >= 0.3 is 6.18 Å². The van der Waals surface area contributed by atoms with E-state index in [0.717, 1.165) is 11.8 Å². The fourth-order valence-corrected chi connectivity index (χ4v) is 3.63. The van der Waals surface area contributed by atoms with Crippen LogP contribution in [0.15, 0.2) is 12.1 Å². The van der Waals surface area contributed by atoms with Crippen LogP contribution in [0.3, 0.4) is 0 Å². The largest absolute Gasteiger partial charge is 0.433 e. The van der Waals surface area contributed by atoms with Crippen molar-refractivity contribution in [3.8, 4) is 0 Å². The molecule has 11 heteroatoms. The van der Waals surface area contributed by atoms with Gasteiger partial charge in [0.1, 0.15) is 15.4 Å². The van der Waals surface area contributed by atoms with Crippen LogP contribution in [0.5, 0.6) is 0 Å². The second-order valence-corrected chi connectivity index (χ2v) is 6.92. The summed E-state index contributed by atoms with van der Waals surface area (Å²) in [4.78, 5) is 27.7. The van der Waals surface area contributed by atoms with Gasteiger partial charge in [-0.1, -0.05) is 0 Å². The van der Waals surface area contributed by atoms with Gasteiger partial charge in [0.05, 0.1) is 5.69 Å². The minimum absolute atomic E-state index is 0.0366. The van der Waals surface area contributed by atoms with E-state index in [1.165, 1.54) is 11.6 Å². The molecule has 0 radical (unpaired) electrons. The third-order valence-electron chi connectivity index (χ3n) is 3.96. The fourth-order valence-electron chi connectivity index (χ4n) is 2.57. The average molecular weight is 397 g/mol. The summed E-state index contributed by atoms with van der Waals surface area (Å²) in [7, 11) is 1.66. The predicted molar refractivity (Wildman–Crippen MR) is 93.8 cm³/mol. The van der Waals surface area contributed by atoms with Crippen LogP contribution in [0, 0.1) is 13.8 Å². The number of nitrogens with two attached hydrogens (primary N) is 1. The number of aryl methyl sites for hydroxylation is 3. The molecule has 3 rings (SSSR count). The Bertz CT molecular complexity index is 1060. The normalized spacial score (nSPS) is 11.8. The van der Waals surface area contributed by atoms with Crippen LogP contribution in [0.4, 0.5) is 18.9 Å². The highest BCUT2D eigenvalue weighted by molar-refractivity contribution is 7.21. The molecule has 0 fully saturated rings. The quantitative estimate of drug-likeness (QED) is 0.709. The summed E-state index contributed by atoms with van der Waals surface area (Å²) in [5.41, 5.74) is 5.35. The maximum Gasteiger partial charge on any atom is 0.433 e. The number of aromatic nitrogens is 3. The second kappa shape index (κ2) is 6.34. The summed E-state index contributed by atoms with van der Waals surface area (Å²) >= 11 is 0.696. The van der Waals surface area contributed by atoms with Gasteiger partial charge in [0.25, 0.3) is 11.8 Å². The van der Waals surface area contributed by atoms with Crippen LogP contribution in [-0.2, 0) is 13.2 Å². The standard InChI is InChI=1S/C16H14F3N5O2S/c1-6-4-9(16(17,18)19)21-15-10(6)11(12(27-15)13(20)25)22-14(26)8-5-7(2)24(3)23-8/h4-5H,1-3H3,(H2,20,25)(H,22,26). The molecular formula is C16H14F3N5O2S. The van der Waals surface area contributed by atoms with Gasteiger partial charge in [0, 0.05) is 18.1 Å². The van der Waals surface area contributed by atoms with Crippen molar-refractivity contribution in [1.82, 2.24) is 14.8 Å². The Kier molecular flexibility index (Phi) is 4.42. The Morgan fingerprint density at radius 3 is 2.44 bits per heavy atom. The van der Waals surface area contributed by atoms with Gasteiger partial charge < -0.3 is 11.1 Å². The molecule has 0 atom stereocenters. The number of anilines is 1. The smallest absolute Gasteiger partial charge is 0.365 e. The van der Waals surface area contributed by atoms with Crippen molar-refractivity contribution >= 4 is 39.1 Å². The Labute approximate surface area is 155 Å². The zero-order valence-electron chi connectivity index (χ0n) is 14.4. The van der Waals surface area contributed by atoms with Crippen molar-refractivity contribution in [3.05, 3.63) is 39.7 Å². The third kappa shape index (κ3) is 3.37. The molecule has 27 heavy (non-hydrogen) atoms. The van der Waals surface area contributed by atoms with Crippen molar-refractivity contribution in [2.24, 2.45) is 12.8 Å². The van der Waals surface area contributed by atoms with Crippen molar-refractivity contribution in [2.45, 2.75) is 20.0 Å². The summed E-state index contributed by atoms with van der Waals surface area (Å²) in [6.45, 7) is 3.20. The highest BCUT2D eigenvalue weighted by atomic mass is 32.1. The van der Waals surface area contributed by atoms with Crippen LogP contribution < -0.4 is 11.1 Å². The monoisotopic (exact) mass is 397 g/mol.